The first-order chi connectivity index (χ1) is 5.33. The topological polar surface area (TPSA) is 41.5 Å². The number of thioether (sulfide) groups is 1. The Kier molecular flexibility index (Phi) is 3.93. The van der Waals surface area contributed by atoms with Crippen LogP contribution in [0.25, 0.3) is 0 Å². The summed E-state index contributed by atoms with van der Waals surface area (Å²) in [5.41, 5.74) is 0. The fourth-order valence-electron chi connectivity index (χ4n) is 0.678. The number of carbonyl (C=O) groups is 1. The number of hydrogen-bond acceptors (Lipinski definition) is 3. The number of nitrogens with one attached hydrogen (secondary N) is 1. The van der Waals surface area contributed by atoms with Gasteiger partial charge in [-0.1, -0.05) is 27.7 Å². The first-order valence-corrected chi connectivity index (χ1v) is 5.46. The van der Waals surface area contributed by atoms with Crippen molar-refractivity contribution in [2.45, 2.75) is 6.42 Å². The number of carbonyl (C=O) groups excluding carboxylic acids is 1. The molecule has 1 N–H and O–H groups in total. The first-order valence-electron chi connectivity index (χ1n) is 3.36. The lowest BCUT2D eigenvalue weighted by atomic mass is 10.5. The van der Waals surface area contributed by atoms with Crippen LogP contribution in [0.5, 0.6) is 0 Å². The van der Waals surface area contributed by atoms with E-state index in [-0.39, 0.29) is 5.91 Å². The Morgan fingerprint density at radius 2 is 2.64 bits per heavy atom. The fraction of sp³-hybridized carbons (Fsp3) is 0.667. The van der Waals surface area contributed by atoms with Gasteiger partial charge in [0, 0.05) is 17.5 Å². The van der Waals surface area contributed by atoms with Gasteiger partial charge in [0.05, 0.1) is 6.54 Å². The van der Waals surface area contributed by atoms with E-state index in [1.807, 2.05) is 0 Å². The Morgan fingerprint density at radius 3 is 3.18 bits per heavy atom. The molecule has 11 heavy (non-hydrogen) atoms. The first kappa shape index (κ1) is 9.06. The number of aliphatic imine (C=N–C) groups is 1. The molecule has 1 amide bonds. The summed E-state index contributed by atoms with van der Waals surface area (Å²) in [6, 6.07) is 0. The Balaban J connectivity index is 2.24. The molecule has 1 aliphatic rings. The van der Waals surface area contributed by atoms with E-state index in [1.54, 1.807) is 11.8 Å². The number of alkyl halides is 1. The summed E-state index contributed by atoms with van der Waals surface area (Å²) in [5, 5.41) is 4.20. The van der Waals surface area contributed by atoms with E-state index >= 15 is 0 Å². The number of nitrogens with zero attached hydrogens (tertiary/aromatic N) is 1. The van der Waals surface area contributed by atoms with Crippen molar-refractivity contribution in [3.63, 3.8) is 0 Å². The van der Waals surface area contributed by atoms with Crippen LogP contribution in [0.1, 0.15) is 6.42 Å². The largest absolute Gasteiger partial charge is 0.305 e. The van der Waals surface area contributed by atoms with E-state index in [0.29, 0.717) is 11.8 Å². The highest BCUT2D eigenvalue weighted by atomic mass is 79.9. The summed E-state index contributed by atoms with van der Waals surface area (Å²) in [6.07, 6.45) is 0.513. The third-order valence-electron chi connectivity index (χ3n) is 1.15. The van der Waals surface area contributed by atoms with E-state index in [2.05, 4.69) is 26.2 Å². The lowest BCUT2D eigenvalue weighted by Crippen LogP contribution is -2.27. The molecule has 62 valence electrons. The van der Waals surface area contributed by atoms with Crippen LogP contribution in [0.2, 0.25) is 0 Å². The highest BCUT2D eigenvalue weighted by Gasteiger charge is 2.09. The molecule has 1 rings (SSSR count). The van der Waals surface area contributed by atoms with Gasteiger partial charge in [-0.2, -0.15) is 0 Å². The molecular weight excluding hydrogens is 228 g/mol. The second-order valence-corrected chi connectivity index (χ2v) is 3.90. The molecule has 0 radical (unpaired) electrons. The second kappa shape index (κ2) is 4.77. The third-order valence-corrected chi connectivity index (χ3v) is 2.44. The summed E-state index contributed by atoms with van der Waals surface area (Å²) in [5.74, 6) is 1.03. The molecule has 0 atom stereocenters. The average Bonchev–Trinajstić information content (AvgIpc) is 2.40. The molecule has 1 aliphatic heterocycles. The lowest BCUT2D eigenvalue weighted by molar-refractivity contribution is -0.119. The van der Waals surface area contributed by atoms with Crippen LogP contribution in [-0.2, 0) is 4.79 Å². The van der Waals surface area contributed by atoms with Crippen molar-refractivity contribution in [1.82, 2.24) is 5.32 Å². The Morgan fingerprint density at radius 1 is 1.82 bits per heavy atom. The summed E-state index contributed by atoms with van der Waals surface area (Å²) >= 11 is 4.79. The molecule has 0 aromatic heterocycles. The third kappa shape index (κ3) is 3.25. The Hall–Kier alpha value is -0.0300. The predicted molar refractivity (Wildman–Crippen MR) is 51.3 cm³/mol. The van der Waals surface area contributed by atoms with E-state index in [1.165, 1.54) is 0 Å². The van der Waals surface area contributed by atoms with Crippen LogP contribution in [0.3, 0.4) is 0 Å². The summed E-state index contributed by atoms with van der Waals surface area (Å²) in [7, 11) is 0. The molecule has 0 aromatic carbocycles. The van der Waals surface area contributed by atoms with Crippen LogP contribution < -0.4 is 5.32 Å². The molecule has 1 heterocycles. The van der Waals surface area contributed by atoms with Crippen molar-refractivity contribution < 1.29 is 4.79 Å². The van der Waals surface area contributed by atoms with Gasteiger partial charge in [0.15, 0.2) is 5.17 Å². The van der Waals surface area contributed by atoms with Crippen LogP contribution in [0.15, 0.2) is 4.99 Å². The summed E-state index contributed by atoms with van der Waals surface area (Å²) < 4.78 is 0. The summed E-state index contributed by atoms with van der Waals surface area (Å²) in [6.45, 7) is 0.828. The zero-order valence-electron chi connectivity index (χ0n) is 5.97. The van der Waals surface area contributed by atoms with Crippen LogP contribution in [0, 0.1) is 0 Å². The maximum Gasteiger partial charge on any atom is 0.226 e. The van der Waals surface area contributed by atoms with Crippen molar-refractivity contribution in [2.75, 3.05) is 17.6 Å². The van der Waals surface area contributed by atoms with Crippen LogP contribution in [0.4, 0.5) is 0 Å². The van der Waals surface area contributed by atoms with Gasteiger partial charge >= 0.3 is 0 Å². The fourth-order valence-corrected chi connectivity index (χ4v) is 1.78. The Bertz CT molecular complexity index is 183. The van der Waals surface area contributed by atoms with E-state index in [4.69, 9.17) is 0 Å². The zero-order chi connectivity index (χ0) is 8.10. The maximum atomic E-state index is 11.0. The summed E-state index contributed by atoms with van der Waals surface area (Å²) in [4.78, 5) is 15.1. The molecule has 3 nitrogen and oxygen atoms in total. The van der Waals surface area contributed by atoms with Gasteiger partial charge in [0.25, 0.3) is 0 Å². The van der Waals surface area contributed by atoms with Crippen LogP contribution in [-0.4, -0.2) is 28.7 Å². The molecule has 0 aromatic rings. The minimum atomic E-state index is 0.0371. The minimum Gasteiger partial charge on any atom is -0.305 e. The highest BCUT2D eigenvalue weighted by molar-refractivity contribution is 9.09. The molecule has 0 saturated heterocycles. The normalized spacial score (nSPS) is 16.3. The van der Waals surface area contributed by atoms with Gasteiger partial charge in [-0.25, -0.2) is 0 Å². The number of halogens is 1. The van der Waals surface area contributed by atoms with E-state index in [9.17, 15) is 4.79 Å². The average molecular weight is 237 g/mol. The van der Waals surface area contributed by atoms with Crippen molar-refractivity contribution in [2.24, 2.45) is 4.99 Å². The predicted octanol–water partition coefficient (Wildman–Crippen LogP) is 0.990. The molecule has 0 spiro atoms. The van der Waals surface area contributed by atoms with E-state index in [0.717, 1.165) is 17.5 Å². The number of amidine groups is 1. The van der Waals surface area contributed by atoms with Crippen LogP contribution >= 0.6 is 27.7 Å². The molecule has 0 saturated carbocycles. The van der Waals surface area contributed by atoms with Gasteiger partial charge in [-0.05, 0) is 0 Å². The monoisotopic (exact) mass is 236 g/mol. The number of hydrogen-bond donors (Lipinski definition) is 1. The quantitative estimate of drug-likeness (QED) is 0.727. The van der Waals surface area contributed by atoms with Gasteiger partial charge in [-0.15, -0.1) is 0 Å². The maximum absolute atomic E-state index is 11.0. The van der Waals surface area contributed by atoms with Gasteiger partial charge in [-0.3, -0.25) is 9.79 Å². The molecular formula is C6H9BrN2OS. The lowest BCUT2D eigenvalue weighted by Gasteiger charge is -2.00. The molecule has 0 unspecified atom stereocenters. The van der Waals surface area contributed by atoms with E-state index < -0.39 is 0 Å². The second-order valence-electron chi connectivity index (χ2n) is 2.02. The SMILES string of the molecule is O=C(CCBr)NC1=NCCS1. The van der Waals surface area contributed by atoms with Gasteiger partial charge in [0.2, 0.25) is 5.91 Å². The van der Waals surface area contributed by atoms with Crippen molar-refractivity contribution in [1.29, 1.82) is 0 Å². The molecule has 5 heteroatoms. The van der Waals surface area contributed by atoms with Gasteiger partial charge < -0.3 is 5.32 Å². The molecule has 0 bridgehead atoms. The van der Waals surface area contributed by atoms with Crippen molar-refractivity contribution >= 4 is 38.8 Å². The number of rotatable bonds is 2. The highest BCUT2D eigenvalue weighted by Crippen LogP contribution is 2.08. The minimum absolute atomic E-state index is 0.0371. The standard InChI is InChI=1S/C6H9BrN2OS/c7-2-1-5(10)9-6-8-3-4-11-6/h1-4H2,(H,8,9,10). The molecule has 0 fully saturated rings. The van der Waals surface area contributed by atoms with Crippen molar-refractivity contribution in [3.8, 4) is 0 Å². The van der Waals surface area contributed by atoms with Gasteiger partial charge in [0.1, 0.15) is 0 Å². The van der Waals surface area contributed by atoms with Crippen molar-refractivity contribution in [3.05, 3.63) is 0 Å². The number of amides is 1. The Labute approximate surface area is 78.2 Å². The zero-order valence-corrected chi connectivity index (χ0v) is 8.37. The smallest absolute Gasteiger partial charge is 0.226 e. The molecule has 0 aliphatic carbocycles.